The third kappa shape index (κ3) is 3.68. The lowest BCUT2D eigenvalue weighted by molar-refractivity contribution is 0.556. The molecule has 0 aliphatic heterocycles. The van der Waals surface area contributed by atoms with Crippen molar-refractivity contribution in [3.05, 3.63) is 40.7 Å². The highest BCUT2D eigenvalue weighted by atomic mass is 31.1. The fraction of sp³-hybridized carbons (Fsp3) is 0.500. The van der Waals surface area contributed by atoms with Crippen LogP contribution in [-0.2, 0) is 6.42 Å². The van der Waals surface area contributed by atoms with Crippen molar-refractivity contribution in [2.45, 2.75) is 39.5 Å². The molecule has 0 aromatic heterocycles. The van der Waals surface area contributed by atoms with Gasteiger partial charge in [-0.3, -0.25) is 0 Å². The lowest BCUT2D eigenvalue weighted by Gasteiger charge is -2.10. The second-order valence-electron chi connectivity index (χ2n) is 5.17. The van der Waals surface area contributed by atoms with Gasteiger partial charge in [0.1, 0.15) is 0 Å². The van der Waals surface area contributed by atoms with Gasteiger partial charge in [-0.05, 0) is 34.9 Å². The molecule has 0 saturated heterocycles. The highest BCUT2D eigenvalue weighted by molar-refractivity contribution is 7.43. The van der Waals surface area contributed by atoms with Crippen molar-refractivity contribution < 1.29 is 0 Å². The molecule has 0 amide bonds. The smallest absolute Gasteiger partial charge is 0.00178 e. The monoisotopic (exact) mass is 246 g/mol. The maximum atomic E-state index is 2.42. The second-order valence-corrected chi connectivity index (χ2v) is 6.58. The maximum absolute atomic E-state index is 2.42. The third-order valence-corrected chi connectivity index (χ3v) is 5.17. The minimum absolute atomic E-state index is 0.901. The van der Waals surface area contributed by atoms with Gasteiger partial charge in [-0.15, -0.1) is 0 Å². The summed E-state index contributed by atoms with van der Waals surface area (Å²) < 4.78 is 0. The fourth-order valence-electron chi connectivity index (χ4n) is 2.35. The van der Waals surface area contributed by atoms with Gasteiger partial charge in [-0.25, -0.2) is 0 Å². The molecule has 0 bridgehead atoms. The van der Waals surface area contributed by atoms with E-state index >= 15 is 0 Å². The number of rotatable bonds is 6. The Bertz CT molecular complexity index is 392. The largest absolute Gasteiger partial charge is 0.0942 e. The molecule has 1 aliphatic rings. The van der Waals surface area contributed by atoms with Crippen LogP contribution in [0.5, 0.6) is 0 Å². The van der Waals surface area contributed by atoms with Crippen LogP contribution in [-0.4, -0.2) is 6.16 Å². The van der Waals surface area contributed by atoms with Gasteiger partial charge < -0.3 is 0 Å². The minimum Gasteiger partial charge on any atom is -0.0942 e. The van der Waals surface area contributed by atoms with Crippen molar-refractivity contribution in [3.8, 4) is 0 Å². The van der Waals surface area contributed by atoms with Crippen LogP contribution in [0.15, 0.2) is 29.6 Å². The number of hydrogen-bond donors (Lipinski definition) is 0. The van der Waals surface area contributed by atoms with Crippen molar-refractivity contribution in [1.82, 2.24) is 0 Å². The van der Waals surface area contributed by atoms with Crippen LogP contribution in [0.3, 0.4) is 0 Å². The molecule has 17 heavy (non-hydrogen) atoms. The van der Waals surface area contributed by atoms with Crippen LogP contribution >= 0.6 is 8.58 Å². The second kappa shape index (κ2) is 6.36. The van der Waals surface area contributed by atoms with Crippen LogP contribution in [0.25, 0.3) is 6.08 Å². The molecule has 0 nitrogen and oxygen atoms in total. The van der Waals surface area contributed by atoms with Gasteiger partial charge in [0.25, 0.3) is 0 Å². The molecule has 0 fully saturated rings. The molecular formula is C16H23P. The zero-order valence-corrected chi connectivity index (χ0v) is 12.0. The summed E-state index contributed by atoms with van der Waals surface area (Å²) in [5, 5.41) is 1.66. The third-order valence-electron chi connectivity index (χ3n) is 3.49. The van der Waals surface area contributed by atoms with E-state index in [9.17, 15) is 0 Å². The Labute approximate surface area is 107 Å². The van der Waals surface area contributed by atoms with E-state index in [-0.39, 0.29) is 0 Å². The Hall–Kier alpha value is -0.610. The van der Waals surface area contributed by atoms with Crippen LogP contribution in [0.1, 0.15) is 44.2 Å². The molecule has 2 atom stereocenters. The molecule has 0 radical (unpaired) electrons. The molecule has 0 heterocycles. The van der Waals surface area contributed by atoms with E-state index in [0.29, 0.717) is 0 Å². The average molecular weight is 246 g/mol. The van der Waals surface area contributed by atoms with Crippen molar-refractivity contribution in [1.29, 1.82) is 0 Å². The maximum Gasteiger partial charge on any atom is -0.00178 e. The Morgan fingerprint density at radius 3 is 2.88 bits per heavy atom. The van der Waals surface area contributed by atoms with Gasteiger partial charge in [0.05, 0.1) is 0 Å². The number of allylic oxidation sites excluding steroid dienone is 1. The van der Waals surface area contributed by atoms with Crippen LogP contribution in [0, 0.1) is 5.92 Å². The Morgan fingerprint density at radius 1 is 1.29 bits per heavy atom. The number of hydrogen-bond acceptors (Lipinski definition) is 0. The summed E-state index contributed by atoms with van der Waals surface area (Å²) in [5.74, 6) is 0.901. The van der Waals surface area contributed by atoms with Gasteiger partial charge in [0.2, 0.25) is 0 Å². The fourth-order valence-corrected chi connectivity index (χ4v) is 3.74. The first-order valence-electron chi connectivity index (χ1n) is 6.82. The van der Waals surface area contributed by atoms with Gasteiger partial charge >= 0.3 is 0 Å². The minimum atomic E-state index is 0.901. The van der Waals surface area contributed by atoms with E-state index in [4.69, 9.17) is 0 Å². The van der Waals surface area contributed by atoms with Crippen molar-refractivity contribution >= 4 is 14.7 Å². The summed E-state index contributed by atoms with van der Waals surface area (Å²) in [7, 11) is 1.03. The summed E-state index contributed by atoms with van der Waals surface area (Å²) in [6.07, 6.45) is 9.14. The van der Waals surface area contributed by atoms with Crippen LogP contribution in [0.2, 0.25) is 0 Å². The Morgan fingerprint density at radius 2 is 2.12 bits per heavy atom. The molecule has 1 heteroatoms. The molecule has 92 valence electrons. The van der Waals surface area contributed by atoms with E-state index in [1.807, 2.05) is 0 Å². The van der Waals surface area contributed by atoms with Gasteiger partial charge in [-0.1, -0.05) is 72.0 Å². The lowest BCUT2D eigenvalue weighted by Crippen LogP contribution is -1.97. The zero-order valence-electron chi connectivity index (χ0n) is 11.0. The number of unbranched alkanes of at least 4 members (excludes halogenated alkanes) is 1. The molecular weight excluding hydrogens is 223 g/mol. The predicted molar refractivity (Wildman–Crippen MR) is 80.0 cm³/mol. The molecule has 0 saturated carbocycles. The van der Waals surface area contributed by atoms with E-state index < -0.39 is 0 Å². The Balaban J connectivity index is 1.79. The van der Waals surface area contributed by atoms with Gasteiger partial charge in [0, 0.05) is 0 Å². The first-order chi connectivity index (χ1) is 8.29. The first-order valence-corrected chi connectivity index (χ1v) is 8.02. The SMILES string of the molecule is CCCCC(C)CPC1=Cc2ccccc2C1. The zero-order chi connectivity index (χ0) is 12.1. The highest BCUT2D eigenvalue weighted by Crippen LogP contribution is 2.37. The number of benzene rings is 1. The summed E-state index contributed by atoms with van der Waals surface area (Å²) in [4.78, 5) is 0. The van der Waals surface area contributed by atoms with Crippen molar-refractivity contribution in [2.24, 2.45) is 5.92 Å². The summed E-state index contributed by atoms with van der Waals surface area (Å²) >= 11 is 0. The van der Waals surface area contributed by atoms with Crippen LogP contribution in [0.4, 0.5) is 0 Å². The summed E-state index contributed by atoms with van der Waals surface area (Å²) in [6.45, 7) is 4.69. The van der Waals surface area contributed by atoms with E-state index in [0.717, 1.165) is 14.5 Å². The molecule has 0 N–H and O–H groups in total. The molecule has 1 aromatic rings. The Kier molecular flexibility index (Phi) is 4.80. The molecule has 0 spiro atoms. The molecule has 1 aliphatic carbocycles. The average Bonchev–Trinajstić information content (AvgIpc) is 2.76. The topological polar surface area (TPSA) is 0 Å². The normalized spacial score (nSPS) is 16.2. The standard InChI is InChI=1S/C16H23P/c1-3-4-7-13(2)12-17-16-10-14-8-5-6-9-15(14)11-16/h5-6,8-10,13,17H,3-4,7,11-12H2,1-2H3. The van der Waals surface area contributed by atoms with Gasteiger partial charge in [0.15, 0.2) is 0 Å². The number of fused-ring (bicyclic) bond motifs is 1. The molecule has 1 aromatic carbocycles. The predicted octanol–water partition coefficient (Wildman–Crippen LogP) is 5.09. The highest BCUT2D eigenvalue weighted by Gasteiger charge is 2.12. The first kappa shape index (κ1) is 12.8. The lowest BCUT2D eigenvalue weighted by atomic mass is 10.1. The van der Waals surface area contributed by atoms with E-state index in [1.165, 1.54) is 43.0 Å². The quantitative estimate of drug-likeness (QED) is 0.613. The van der Waals surface area contributed by atoms with E-state index in [1.54, 1.807) is 5.31 Å². The van der Waals surface area contributed by atoms with Crippen molar-refractivity contribution in [3.63, 3.8) is 0 Å². The molecule has 2 rings (SSSR count). The van der Waals surface area contributed by atoms with Gasteiger partial charge in [-0.2, -0.15) is 0 Å². The van der Waals surface area contributed by atoms with Crippen LogP contribution < -0.4 is 0 Å². The summed E-state index contributed by atoms with van der Waals surface area (Å²) in [6, 6.07) is 8.81. The summed E-state index contributed by atoms with van der Waals surface area (Å²) in [5.41, 5.74) is 2.98. The molecule has 2 unspecified atom stereocenters. The van der Waals surface area contributed by atoms with E-state index in [2.05, 4.69) is 44.2 Å². The van der Waals surface area contributed by atoms with Crippen molar-refractivity contribution in [2.75, 3.05) is 6.16 Å².